The monoisotopic (exact) mass is 326 g/mol. The number of pyridine rings is 1. The molecule has 4 heteroatoms. The molecule has 24 heavy (non-hydrogen) atoms. The molecule has 4 nitrogen and oxygen atoms in total. The van der Waals surface area contributed by atoms with E-state index in [0.717, 1.165) is 24.5 Å². The second-order valence-corrected chi connectivity index (χ2v) is 7.25. The van der Waals surface area contributed by atoms with Crippen LogP contribution in [0.2, 0.25) is 0 Å². The van der Waals surface area contributed by atoms with Gasteiger partial charge in [0, 0.05) is 31.2 Å². The van der Waals surface area contributed by atoms with E-state index in [1.807, 2.05) is 12.3 Å². The van der Waals surface area contributed by atoms with Gasteiger partial charge in [-0.3, -0.25) is 4.98 Å². The minimum atomic E-state index is 0.822. The molecule has 130 valence electrons. The molecule has 1 aliphatic heterocycles. The average Bonchev–Trinajstić information content (AvgIpc) is 2.61. The van der Waals surface area contributed by atoms with Crippen LogP contribution < -0.4 is 5.32 Å². The molecule has 0 amide bonds. The molecule has 0 radical (unpaired) electrons. The van der Waals surface area contributed by atoms with Crippen LogP contribution in [0.4, 0.5) is 0 Å². The Kier molecular flexibility index (Phi) is 6.18. The van der Waals surface area contributed by atoms with Crippen molar-refractivity contribution >= 4 is 10.9 Å². The summed E-state index contributed by atoms with van der Waals surface area (Å²) in [6.45, 7) is 6.96. The smallest absolute Gasteiger partial charge is 0.0702 e. The van der Waals surface area contributed by atoms with E-state index in [1.165, 1.54) is 50.0 Å². The highest BCUT2D eigenvalue weighted by Crippen LogP contribution is 2.17. The maximum atomic E-state index is 4.38. The Labute approximate surface area is 145 Å². The zero-order valence-electron chi connectivity index (χ0n) is 15.0. The van der Waals surface area contributed by atoms with Crippen LogP contribution in [0.1, 0.15) is 18.4 Å². The fourth-order valence-corrected chi connectivity index (χ4v) is 3.41. The minimum Gasteiger partial charge on any atom is -0.312 e. The first-order valence-electron chi connectivity index (χ1n) is 9.12. The van der Waals surface area contributed by atoms with Crippen molar-refractivity contribution in [1.82, 2.24) is 20.1 Å². The topological polar surface area (TPSA) is 31.4 Å². The summed E-state index contributed by atoms with van der Waals surface area (Å²) in [4.78, 5) is 9.26. The molecule has 0 unspecified atom stereocenters. The SMILES string of the molecule is CN(C)CCN1CCC(CNCc2ccc3ncccc3c2)CC1. The van der Waals surface area contributed by atoms with Crippen molar-refractivity contribution in [3.8, 4) is 0 Å². The van der Waals surface area contributed by atoms with Crippen LogP contribution >= 0.6 is 0 Å². The number of piperidine rings is 1. The molecule has 2 heterocycles. The number of nitrogens with one attached hydrogen (secondary N) is 1. The molecule has 0 saturated carbocycles. The second kappa shape index (κ2) is 8.56. The summed E-state index contributed by atoms with van der Waals surface area (Å²) < 4.78 is 0. The van der Waals surface area contributed by atoms with Crippen molar-refractivity contribution in [3.63, 3.8) is 0 Å². The van der Waals surface area contributed by atoms with Crippen LogP contribution in [0.25, 0.3) is 10.9 Å². The number of likely N-dealkylation sites (N-methyl/N-ethyl adjacent to an activating group) is 1. The first-order chi connectivity index (χ1) is 11.7. The molecule has 0 spiro atoms. The highest BCUT2D eigenvalue weighted by Gasteiger charge is 2.18. The highest BCUT2D eigenvalue weighted by molar-refractivity contribution is 5.78. The van der Waals surface area contributed by atoms with Gasteiger partial charge in [-0.25, -0.2) is 0 Å². The van der Waals surface area contributed by atoms with Gasteiger partial charge in [-0.2, -0.15) is 0 Å². The number of rotatable bonds is 7. The number of likely N-dealkylation sites (tertiary alicyclic amines) is 1. The van der Waals surface area contributed by atoms with Gasteiger partial charge < -0.3 is 15.1 Å². The van der Waals surface area contributed by atoms with Crippen molar-refractivity contribution in [2.24, 2.45) is 5.92 Å². The van der Waals surface area contributed by atoms with E-state index in [1.54, 1.807) is 0 Å². The van der Waals surface area contributed by atoms with E-state index in [9.17, 15) is 0 Å². The summed E-state index contributed by atoms with van der Waals surface area (Å²) in [6.07, 6.45) is 4.50. The van der Waals surface area contributed by atoms with Gasteiger partial charge in [-0.05, 0) is 76.3 Å². The molecule has 0 aliphatic carbocycles. The van der Waals surface area contributed by atoms with Crippen molar-refractivity contribution in [2.45, 2.75) is 19.4 Å². The molecule has 1 fully saturated rings. The Bertz CT molecular complexity index is 632. The Morgan fingerprint density at radius 1 is 1.21 bits per heavy atom. The quantitative estimate of drug-likeness (QED) is 0.847. The van der Waals surface area contributed by atoms with Gasteiger partial charge >= 0.3 is 0 Å². The van der Waals surface area contributed by atoms with Crippen LogP contribution in [0.3, 0.4) is 0 Å². The molecule has 1 aromatic heterocycles. The van der Waals surface area contributed by atoms with E-state index in [0.29, 0.717) is 0 Å². The third kappa shape index (κ3) is 5.00. The molecule has 0 bridgehead atoms. The standard InChI is InChI=1S/C20H30N4/c1-23(2)12-13-24-10-7-17(8-11-24)15-21-16-18-5-6-20-19(14-18)4-3-9-22-20/h3-6,9,14,17,21H,7-8,10-13,15-16H2,1-2H3. The van der Waals surface area contributed by atoms with E-state index < -0.39 is 0 Å². The van der Waals surface area contributed by atoms with Crippen molar-refractivity contribution in [2.75, 3.05) is 46.8 Å². The molecule has 3 rings (SSSR count). The van der Waals surface area contributed by atoms with Crippen molar-refractivity contribution in [1.29, 1.82) is 0 Å². The van der Waals surface area contributed by atoms with Crippen LogP contribution in [-0.2, 0) is 6.54 Å². The lowest BCUT2D eigenvalue weighted by atomic mass is 9.96. The molecule has 1 saturated heterocycles. The van der Waals surface area contributed by atoms with Crippen LogP contribution in [0.15, 0.2) is 36.5 Å². The highest BCUT2D eigenvalue weighted by atomic mass is 15.2. The number of benzene rings is 1. The molecular formula is C20H30N4. The van der Waals surface area contributed by atoms with E-state index >= 15 is 0 Å². The number of nitrogens with zero attached hydrogens (tertiary/aromatic N) is 3. The van der Waals surface area contributed by atoms with Gasteiger partial charge in [0.15, 0.2) is 0 Å². The van der Waals surface area contributed by atoms with Gasteiger partial charge in [0.05, 0.1) is 5.52 Å². The molecule has 2 aromatic rings. The predicted molar refractivity (Wildman–Crippen MR) is 101 cm³/mol. The first kappa shape index (κ1) is 17.3. The Balaban J connectivity index is 1.39. The van der Waals surface area contributed by atoms with Crippen molar-refractivity contribution < 1.29 is 0 Å². The third-order valence-corrected chi connectivity index (χ3v) is 5.00. The second-order valence-electron chi connectivity index (χ2n) is 7.25. The Hall–Kier alpha value is -1.49. The van der Waals surface area contributed by atoms with E-state index in [4.69, 9.17) is 0 Å². The third-order valence-electron chi connectivity index (χ3n) is 5.00. The average molecular weight is 326 g/mol. The van der Waals surface area contributed by atoms with Gasteiger partial charge in [-0.15, -0.1) is 0 Å². The Morgan fingerprint density at radius 3 is 2.83 bits per heavy atom. The van der Waals surface area contributed by atoms with E-state index in [2.05, 4.69) is 58.5 Å². The molecule has 1 aliphatic rings. The zero-order chi connectivity index (χ0) is 16.8. The van der Waals surface area contributed by atoms with Gasteiger partial charge in [-0.1, -0.05) is 12.1 Å². The summed E-state index contributed by atoms with van der Waals surface area (Å²) in [5.41, 5.74) is 2.42. The largest absolute Gasteiger partial charge is 0.312 e. The van der Waals surface area contributed by atoms with Gasteiger partial charge in [0.2, 0.25) is 0 Å². The van der Waals surface area contributed by atoms with Gasteiger partial charge in [0.25, 0.3) is 0 Å². The molecule has 1 N–H and O–H groups in total. The first-order valence-corrected chi connectivity index (χ1v) is 9.12. The van der Waals surface area contributed by atoms with Crippen LogP contribution in [0.5, 0.6) is 0 Å². The maximum absolute atomic E-state index is 4.38. The summed E-state index contributed by atoms with van der Waals surface area (Å²) in [6, 6.07) is 10.7. The normalized spacial score (nSPS) is 17.0. The summed E-state index contributed by atoms with van der Waals surface area (Å²) in [7, 11) is 4.30. The summed E-state index contributed by atoms with van der Waals surface area (Å²) in [5, 5.41) is 4.88. The lowest BCUT2D eigenvalue weighted by molar-refractivity contribution is 0.169. The maximum Gasteiger partial charge on any atom is 0.0702 e. The number of fused-ring (bicyclic) bond motifs is 1. The molecular weight excluding hydrogens is 296 g/mol. The minimum absolute atomic E-state index is 0.822. The van der Waals surface area contributed by atoms with E-state index in [-0.39, 0.29) is 0 Å². The number of hydrogen-bond donors (Lipinski definition) is 1. The fourth-order valence-electron chi connectivity index (χ4n) is 3.41. The number of aromatic nitrogens is 1. The van der Waals surface area contributed by atoms with Gasteiger partial charge in [0.1, 0.15) is 0 Å². The summed E-state index contributed by atoms with van der Waals surface area (Å²) >= 11 is 0. The predicted octanol–water partition coefficient (Wildman–Crippen LogP) is 2.60. The molecule has 0 atom stereocenters. The number of hydrogen-bond acceptors (Lipinski definition) is 4. The summed E-state index contributed by atoms with van der Waals surface area (Å²) in [5.74, 6) is 0.822. The van der Waals surface area contributed by atoms with Crippen molar-refractivity contribution in [3.05, 3.63) is 42.1 Å². The zero-order valence-corrected chi connectivity index (χ0v) is 15.0. The lowest BCUT2D eigenvalue weighted by Crippen LogP contribution is -2.40. The van der Waals surface area contributed by atoms with Crippen LogP contribution in [0, 0.1) is 5.92 Å². The molecule has 1 aromatic carbocycles. The Morgan fingerprint density at radius 2 is 2.04 bits per heavy atom. The lowest BCUT2D eigenvalue weighted by Gasteiger charge is -2.32. The van der Waals surface area contributed by atoms with Crippen LogP contribution in [-0.4, -0.2) is 61.6 Å². The fraction of sp³-hybridized carbons (Fsp3) is 0.550.